The molecule has 2 rings (SSSR count). The quantitative estimate of drug-likeness (QED) is 0.473. The van der Waals surface area contributed by atoms with Crippen molar-refractivity contribution >= 4 is 40.3 Å². The molecule has 1 aliphatic rings. The SMILES string of the molecule is CCOC(=O)CC1CC(=O)c2ccccc2N1I. The molecule has 1 aromatic carbocycles. The Morgan fingerprint density at radius 2 is 2.22 bits per heavy atom. The summed E-state index contributed by atoms with van der Waals surface area (Å²) in [5.74, 6) is -0.163. The molecule has 0 fully saturated rings. The highest BCUT2D eigenvalue weighted by atomic mass is 127. The van der Waals surface area contributed by atoms with Crippen LogP contribution in [0.2, 0.25) is 0 Å². The van der Waals surface area contributed by atoms with Crippen molar-refractivity contribution in [2.45, 2.75) is 25.8 Å². The standard InChI is InChI=1S/C13H14INO3/c1-2-18-13(17)8-9-7-12(16)10-5-3-4-6-11(10)15(9)14/h3-6,9H,2,7-8H2,1H3. The van der Waals surface area contributed by atoms with Gasteiger partial charge in [0.25, 0.3) is 0 Å². The Morgan fingerprint density at radius 1 is 1.50 bits per heavy atom. The highest BCUT2D eigenvalue weighted by Crippen LogP contribution is 2.34. The van der Waals surface area contributed by atoms with E-state index in [0.717, 1.165) is 11.3 Å². The Bertz CT molecular complexity index is 475. The first kappa shape index (κ1) is 13.3. The summed E-state index contributed by atoms with van der Waals surface area (Å²) in [4.78, 5) is 23.5. The summed E-state index contributed by atoms with van der Waals surface area (Å²) in [5, 5.41) is 0. The van der Waals surface area contributed by atoms with E-state index in [4.69, 9.17) is 4.74 Å². The summed E-state index contributed by atoms with van der Waals surface area (Å²) in [6, 6.07) is 7.35. The Morgan fingerprint density at radius 3 is 2.94 bits per heavy atom. The van der Waals surface area contributed by atoms with Crippen molar-refractivity contribution in [1.82, 2.24) is 0 Å². The largest absolute Gasteiger partial charge is 0.466 e. The van der Waals surface area contributed by atoms with Crippen molar-refractivity contribution in [2.75, 3.05) is 9.72 Å². The minimum absolute atomic E-state index is 0.0906. The van der Waals surface area contributed by atoms with Crippen LogP contribution >= 0.6 is 22.9 Å². The van der Waals surface area contributed by atoms with Crippen LogP contribution in [0.5, 0.6) is 0 Å². The van der Waals surface area contributed by atoms with E-state index in [9.17, 15) is 9.59 Å². The number of halogens is 1. The highest BCUT2D eigenvalue weighted by molar-refractivity contribution is 14.1. The number of esters is 1. The van der Waals surface area contributed by atoms with Crippen molar-refractivity contribution in [3.05, 3.63) is 29.8 Å². The lowest BCUT2D eigenvalue weighted by atomic mass is 9.95. The first-order valence-corrected chi connectivity index (χ1v) is 6.82. The van der Waals surface area contributed by atoms with E-state index in [2.05, 4.69) is 22.9 Å². The Balaban J connectivity index is 2.18. The van der Waals surface area contributed by atoms with Gasteiger partial charge in [-0.15, -0.1) is 0 Å². The molecule has 4 nitrogen and oxygen atoms in total. The van der Waals surface area contributed by atoms with Gasteiger partial charge in [-0.3, -0.25) is 9.59 Å². The monoisotopic (exact) mass is 359 g/mol. The second kappa shape index (κ2) is 5.69. The van der Waals surface area contributed by atoms with Gasteiger partial charge in [0.15, 0.2) is 5.78 Å². The number of carbonyl (C=O) groups is 2. The molecule has 1 heterocycles. The molecule has 96 valence electrons. The molecule has 1 aliphatic heterocycles. The lowest BCUT2D eigenvalue weighted by Gasteiger charge is -2.32. The fraction of sp³-hybridized carbons (Fsp3) is 0.385. The van der Waals surface area contributed by atoms with Crippen LogP contribution in [0.3, 0.4) is 0 Å². The van der Waals surface area contributed by atoms with E-state index in [1.807, 2.05) is 27.4 Å². The lowest BCUT2D eigenvalue weighted by molar-refractivity contribution is -0.143. The van der Waals surface area contributed by atoms with Crippen molar-refractivity contribution in [3.8, 4) is 0 Å². The molecule has 0 spiro atoms. The van der Waals surface area contributed by atoms with Gasteiger partial charge in [-0.25, -0.2) is 0 Å². The maximum atomic E-state index is 12.0. The third-order valence-electron chi connectivity index (χ3n) is 2.88. The highest BCUT2D eigenvalue weighted by Gasteiger charge is 2.31. The topological polar surface area (TPSA) is 46.6 Å². The maximum Gasteiger partial charge on any atom is 0.307 e. The molecular formula is C13H14INO3. The predicted octanol–water partition coefficient (Wildman–Crippen LogP) is 2.75. The van der Waals surface area contributed by atoms with Crippen LogP contribution in [0.1, 0.15) is 30.1 Å². The molecule has 0 aromatic heterocycles. The molecule has 0 saturated carbocycles. The van der Waals surface area contributed by atoms with Gasteiger partial charge in [0, 0.05) is 12.0 Å². The van der Waals surface area contributed by atoms with E-state index in [-0.39, 0.29) is 24.2 Å². The number of para-hydroxylation sites is 1. The third-order valence-corrected chi connectivity index (χ3v) is 4.19. The molecule has 18 heavy (non-hydrogen) atoms. The molecule has 5 heteroatoms. The summed E-state index contributed by atoms with van der Waals surface area (Å²) in [6.45, 7) is 2.15. The number of anilines is 1. The molecule has 1 atom stereocenters. The zero-order chi connectivity index (χ0) is 13.1. The van der Waals surface area contributed by atoms with Crippen molar-refractivity contribution in [1.29, 1.82) is 0 Å². The summed E-state index contributed by atoms with van der Waals surface area (Å²) in [5.41, 5.74) is 1.61. The summed E-state index contributed by atoms with van der Waals surface area (Å²) in [6.07, 6.45) is 0.607. The van der Waals surface area contributed by atoms with Crippen LogP contribution in [0.15, 0.2) is 24.3 Å². The zero-order valence-electron chi connectivity index (χ0n) is 10.1. The van der Waals surface area contributed by atoms with E-state index in [1.165, 1.54) is 0 Å². The predicted molar refractivity (Wildman–Crippen MR) is 76.9 cm³/mol. The van der Waals surface area contributed by atoms with Gasteiger partial charge in [0.1, 0.15) is 0 Å². The molecule has 0 saturated heterocycles. The van der Waals surface area contributed by atoms with Gasteiger partial charge in [-0.05, 0) is 19.1 Å². The number of fused-ring (bicyclic) bond motifs is 1. The smallest absolute Gasteiger partial charge is 0.307 e. The van der Waals surface area contributed by atoms with Gasteiger partial charge in [-0.1, -0.05) is 12.1 Å². The Hall–Kier alpha value is -1.11. The van der Waals surface area contributed by atoms with Gasteiger partial charge >= 0.3 is 5.97 Å². The molecule has 0 radical (unpaired) electrons. The third kappa shape index (κ3) is 2.66. The number of ketones is 1. The zero-order valence-corrected chi connectivity index (χ0v) is 12.2. The van der Waals surface area contributed by atoms with Gasteiger partial charge in [0.05, 0.1) is 47.6 Å². The molecule has 0 bridgehead atoms. The van der Waals surface area contributed by atoms with Gasteiger partial charge in [-0.2, -0.15) is 0 Å². The van der Waals surface area contributed by atoms with Crippen LogP contribution in [0.25, 0.3) is 0 Å². The number of Topliss-reactive ketones (excluding diaryl/α,β-unsaturated/α-hetero) is 1. The van der Waals surface area contributed by atoms with Gasteiger partial charge < -0.3 is 7.85 Å². The van der Waals surface area contributed by atoms with Crippen molar-refractivity contribution in [2.24, 2.45) is 0 Å². The lowest BCUT2D eigenvalue weighted by Crippen LogP contribution is -2.36. The second-order valence-electron chi connectivity index (χ2n) is 4.12. The van der Waals surface area contributed by atoms with E-state index in [0.29, 0.717) is 13.0 Å². The number of ether oxygens (including phenoxy) is 1. The number of benzene rings is 1. The fourth-order valence-corrected chi connectivity index (χ4v) is 2.88. The number of rotatable bonds is 3. The molecule has 0 N–H and O–H groups in total. The van der Waals surface area contributed by atoms with E-state index >= 15 is 0 Å². The minimum atomic E-state index is -0.253. The minimum Gasteiger partial charge on any atom is -0.466 e. The van der Waals surface area contributed by atoms with Gasteiger partial charge in [0.2, 0.25) is 0 Å². The normalized spacial score (nSPS) is 18.4. The average molecular weight is 359 g/mol. The Kier molecular flexibility index (Phi) is 4.21. The van der Waals surface area contributed by atoms with Crippen LogP contribution in [-0.4, -0.2) is 24.4 Å². The second-order valence-corrected chi connectivity index (χ2v) is 5.16. The molecular weight excluding hydrogens is 345 g/mol. The molecule has 1 unspecified atom stereocenters. The van der Waals surface area contributed by atoms with Crippen molar-refractivity contribution in [3.63, 3.8) is 0 Å². The van der Waals surface area contributed by atoms with Crippen LogP contribution < -0.4 is 3.11 Å². The number of carbonyl (C=O) groups excluding carboxylic acids is 2. The Labute approximate surface area is 120 Å². The fourth-order valence-electron chi connectivity index (χ4n) is 2.06. The number of hydrogen-bond donors (Lipinski definition) is 0. The average Bonchev–Trinajstić information content (AvgIpc) is 2.36. The van der Waals surface area contributed by atoms with E-state index < -0.39 is 0 Å². The van der Waals surface area contributed by atoms with Crippen molar-refractivity contribution < 1.29 is 14.3 Å². The molecule has 0 amide bonds. The number of nitrogens with zero attached hydrogens (tertiary/aromatic N) is 1. The van der Waals surface area contributed by atoms with Crippen LogP contribution in [-0.2, 0) is 9.53 Å². The number of hydrogen-bond acceptors (Lipinski definition) is 4. The maximum absolute atomic E-state index is 12.0. The van der Waals surface area contributed by atoms with Crippen LogP contribution in [0.4, 0.5) is 5.69 Å². The summed E-state index contributed by atoms with van der Waals surface area (Å²) < 4.78 is 6.90. The van der Waals surface area contributed by atoms with E-state index in [1.54, 1.807) is 6.92 Å². The summed E-state index contributed by atoms with van der Waals surface area (Å²) >= 11 is 2.16. The first-order chi connectivity index (χ1) is 8.63. The molecule has 0 aliphatic carbocycles. The summed E-state index contributed by atoms with van der Waals surface area (Å²) in [7, 11) is 0. The molecule has 1 aromatic rings. The first-order valence-electron chi connectivity index (χ1n) is 5.86. The van der Waals surface area contributed by atoms with Crippen LogP contribution in [0, 0.1) is 0 Å².